The summed E-state index contributed by atoms with van der Waals surface area (Å²) in [7, 11) is 1.39. The van der Waals surface area contributed by atoms with E-state index in [-0.39, 0.29) is 16.8 Å². The minimum atomic E-state index is -0.881. The van der Waals surface area contributed by atoms with Crippen molar-refractivity contribution < 1.29 is 19.4 Å². The molecule has 2 rings (SSSR count). The SMILES string of the molecule is CC(C)(C)C#Cc1cc(I)c(C(=O)O)s1.COC(=O)c1sc(C#CC(C)(C)C)cc1I. The average Bonchev–Trinajstić information content (AvgIpc) is 3.19. The molecule has 31 heavy (non-hydrogen) atoms. The lowest BCUT2D eigenvalue weighted by Gasteiger charge is -2.06. The number of methoxy groups -OCH3 is 1. The van der Waals surface area contributed by atoms with Gasteiger partial charge in [-0.05, 0) is 98.9 Å². The number of aromatic carboxylic acids is 1. The number of hydrogen-bond donors (Lipinski definition) is 1. The predicted molar refractivity (Wildman–Crippen MR) is 145 cm³/mol. The van der Waals surface area contributed by atoms with E-state index < -0.39 is 5.97 Å². The van der Waals surface area contributed by atoms with Crippen LogP contribution in [0.2, 0.25) is 0 Å². The third kappa shape index (κ3) is 10.4. The van der Waals surface area contributed by atoms with Crippen LogP contribution in [-0.2, 0) is 4.74 Å². The van der Waals surface area contributed by atoms with Crippen molar-refractivity contribution in [2.75, 3.05) is 7.11 Å². The second kappa shape index (κ2) is 11.7. The maximum Gasteiger partial charge on any atom is 0.349 e. The highest BCUT2D eigenvalue weighted by atomic mass is 127. The zero-order valence-electron chi connectivity index (χ0n) is 18.4. The number of esters is 1. The van der Waals surface area contributed by atoms with Gasteiger partial charge in [-0.1, -0.05) is 23.7 Å². The lowest BCUT2D eigenvalue weighted by molar-refractivity contribution is 0.0604. The van der Waals surface area contributed by atoms with Crippen LogP contribution in [0.3, 0.4) is 0 Å². The zero-order valence-corrected chi connectivity index (χ0v) is 24.3. The van der Waals surface area contributed by atoms with Crippen molar-refractivity contribution in [2.24, 2.45) is 10.8 Å². The Labute approximate surface area is 219 Å². The molecule has 8 heteroatoms. The standard InChI is InChI=1S/C12H13IO2S.C11H11IO2S/c1-12(2,3)6-5-8-7-9(13)10(16-8)11(14)15-4;1-11(2,3)5-4-7-6-8(12)9(15-7)10(13)14/h7H,1-4H3;6H,1-3H3,(H,13,14). The molecule has 0 saturated carbocycles. The normalized spacial score (nSPS) is 10.6. The van der Waals surface area contributed by atoms with E-state index in [2.05, 4.69) is 67.0 Å². The van der Waals surface area contributed by atoms with Gasteiger partial charge in [-0.15, -0.1) is 22.7 Å². The lowest BCUT2D eigenvalue weighted by Crippen LogP contribution is -1.99. The molecule has 0 atom stereocenters. The van der Waals surface area contributed by atoms with Gasteiger partial charge in [0.15, 0.2) is 0 Å². The van der Waals surface area contributed by atoms with Gasteiger partial charge in [0, 0.05) is 18.0 Å². The quantitative estimate of drug-likeness (QED) is 0.211. The van der Waals surface area contributed by atoms with Crippen LogP contribution in [0.4, 0.5) is 0 Å². The number of carboxylic acid groups (broad SMARTS) is 1. The van der Waals surface area contributed by atoms with Crippen molar-refractivity contribution in [1.82, 2.24) is 0 Å². The molecule has 0 aliphatic carbocycles. The first kappa shape index (κ1) is 28.0. The van der Waals surface area contributed by atoms with Crippen LogP contribution in [0.5, 0.6) is 0 Å². The Balaban J connectivity index is 0.000000311. The van der Waals surface area contributed by atoms with E-state index in [9.17, 15) is 9.59 Å². The van der Waals surface area contributed by atoms with Crippen LogP contribution in [0.25, 0.3) is 0 Å². The number of carbonyl (C=O) groups excluding carboxylic acids is 1. The van der Waals surface area contributed by atoms with Crippen molar-refractivity contribution in [1.29, 1.82) is 0 Å². The summed E-state index contributed by atoms with van der Waals surface area (Å²) < 4.78 is 6.34. The highest BCUT2D eigenvalue weighted by Crippen LogP contribution is 2.25. The van der Waals surface area contributed by atoms with Gasteiger partial charge >= 0.3 is 11.9 Å². The summed E-state index contributed by atoms with van der Waals surface area (Å²) in [6.07, 6.45) is 0. The van der Waals surface area contributed by atoms with Crippen LogP contribution >= 0.6 is 67.9 Å². The molecule has 0 aliphatic heterocycles. The number of hydrogen-bond acceptors (Lipinski definition) is 5. The van der Waals surface area contributed by atoms with E-state index in [0.29, 0.717) is 9.75 Å². The Morgan fingerprint density at radius 1 is 0.871 bits per heavy atom. The van der Waals surface area contributed by atoms with Crippen LogP contribution in [0, 0.1) is 41.7 Å². The molecule has 0 amide bonds. The van der Waals surface area contributed by atoms with E-state index in [4.69, 9.17) is 9.84 Å². The van der Waals surface area contributed by atoms with Crippen molar-refractivity contribution in [3.05, 3.63) is 38.8 Å². The molecule has 166 valence electrons. The number of halogens is 2. The summed E-state index contributed by atoms with van der Waals surface area (Å²) in [5.74, 6) is 11.1. The van der Waals surface area contributed by atoms with Crippen molar-refractivity contribution >= 4 is 79.8 Å². The molecule has 1 N–H and O–H groups in total. The topological polar surface area (TPSA) is 63.6 Å². The number of ether oxygens (including phenoxy) is 1. The monoisotopic (exact) mass is 682 g/mol. The first-order chi connectivity index (χ1) is 14.1. The van der Waals surface area contributed by atoms with E-state index in [0.717, 1.165) is 16.9 Å². The third-order valence-corrected chi connectivity index (χ3v) is 7.56. The maximum absolute atomic E-state index is 11.4. The second-order valence-electron chi connectivity index (χ2n) is 8.37. The first-order valence-corrected chi connectivity index (χ1v) is 12.9. The average molecular weight is 682 g/mol. The largest absolute Gasteiger partial charge is 0.477 e. The number of thiophene rings is 2. The zero-order chi connectivity index (χ0) is 24.0. The molecule has 0 spiro atoms. The van der Waals surface area contributed by atoms with Crippen LogP contribution in [0.15, 0.2) is 12.1 Å². The van der Waals surface area contributed by atoms with Crippen LogP contribution < -0.4 is 0 Å². The Bertz CT molecular complexity index is 1080. The number of carbonyl (C=O) groups is 2. The van der Waals surface area contributed by atoms with Gasteiger partial charge in [0.1, 0.15) is 9.75 Å². The number of rotatable bonds is 2. The fourth-order valence-corrected chi connectivity index (χ4v) is 5.46. The summed E-state index contributed by atoms with van der Waals surface area (Å²) >= 11 is 6.75. The smallest absolute Gasteiger partial charge is 0.349 e. The van der Waals surface area contributed by atoms with Crippen molar-refractivity contribution in [3.8, 4) is 23.7 Å². The molecule has 0 aliphatic rings. The minimum absolute atomic E-state index is 0.0269. The molecule has 2 aromatic heterocycles. The second-order valence-corrected chi connectivity index (χ2v) is 12.8. The third-order valence-electron chi connectivity index (χ3n) is 3.06. The van der Waals surface area contributed by atoms with Gasteiger partial charge in [0.2, 0.25) is 0 Å². The van der Waals surface area contributed by atoms with E-state index in [1.165, 1.54) is 29.8 Å². The van der Waals surface area contributed by atoms with E-state index >= 15 is 0 Å². The molecule has 0 saturated heterocycles. The molecule has 0 radical (unpaired) electrons. The Morgan fingerprint density at radius 3 is 1.58 bits per heavy atom. The molecule has 2 heterocycles. The van der Waals surface area contributed by atoms with Gasteiger partial charge < -0.3 is 9.84 Å². The molecule has 0 fully saturated rings. The summed E-state index contributed by atoms with van der Waals surface area (Å²) in [4.78, 5) is 24.9. The van der Waals surface area contributed by atoms with E-state index in [1.54, 1.807) is 0 Å². The van der Waals surface area contributed by atoms with Gasteiger partial charge in [0.25, 0.3) is 0 Å². The molecular weight excluding hydrogens is 658 g/mol. The predicted octanol–water partition coefficient (Wildman–Crippen LogP) is 6.99. The molecule has 0 unspecified atom stereocenters. The fraction of sp³-hybridized carbons (Fsp3) is 0.391. The summed E-state index contributed by atoms with van der Waals surface area (Å²) in [6, 6.07) is 3.73. The molecule has 0 bridgehead atoms. The Kier molecular flexibility index (Phi) is 10.5. The highest BCUT2D eigenvalue weighted by molar-refractivity contribution is 14.1. The van der Waals surface area contributed by atoms with Gasteiger partial charge in [-0.3, -0.25) is 0 Å². The fourth-order valence-electron chi connectivity index (χ4n) is 1.74. The molecule has 2 aromatic rings. The van der Waals surface area contributed by atoms with Gasteiger partial charge in [-0.2, -0.15) is 0 Å². The Hall–Kier alpha value is -1.08. The van der Waals surface area contributed by atoms with Crippen LogP contribution in [-0.4, -0.2) is 24.2 Å². The first-order valence-electron chi connectivity index (χ1n) is 9.09. The van der Waals surface area contributed by atoms with Gasteiger partial charge in [-0.25, -0.2) is 9.59 Å². The minimum Gasteiger partial charge on any atom is -0.477 e. The molecule has 0 aromatic carbocycles. The molecular formula is C23H24I2O4S2. The maximum atomic E-state index is 11.4. The van der Waals surface area contributed by atoms with Crippen molar-refractivity contribution in [3.63, 3.8) is 0 Å². The molecule has 4 nitrogen and oxygen atoms in total. The summed E-state index contributed by atoms with van der Waals surface area (Å²) in [5, 5.41) is 8.86. The highest BCUT2D eigenvalue weighted by Gasteiger charge is 2.15. The number of carboxylic acids is 1. The van der Waals surface area contributed by atoms with Gasteiger partial charge in [0.05, 0.1) is 16.9 Å². The summed E-state index contributed by atoms with van der Waals surface area (Å²) in [5.41, 5.74) is -0.0837. The summed E-state index contributed by atoms with van der Waals surface area (Å²) in [6.45, 7) is 12.2. The van der Waals surface area contributed by atoms with E-state index in [1.807, 2.05) is 55.5 Å². The van der Waals surface area contributed by atoms with Crippen molar-refractivity contribution in [2.45, 2.75) is 41.5 Å². The Morgan fingerprint density at radius 2 is 1.26 bits per heavy atom. The lowest BCUT2D eigenvalue weighted by atomic mass is 9.98. The van der Waals surface area contributed by atoms with Crippen LogP contribution in [0.1, 0.15) is 70.6 Å².